The average molecular weight is 232 g/mol. The van der Waals surface area contributed by atoms with E-state index in [2.05, 4.69) is 4.90 Å². The minimum absolute atomic E-state index is 0.338. The summed E-state index contributed by atoms with van der Waals surface area (Å²) < 4.78 is 9.88. The minimum Gasteiger partial charge on any atom is -0.465 e. The monoisotopic (exact) mass is 232 g/mol. The van der Waals surface area contributed by atoms with Crippen molar-refractivity contribution in [1.29, 1.82) is 0 Å². The van der Waals surface area contributed by atoms with Gasteiger partial charge in [-0.05, 0) is 27.3 Å². The first-order valence-electron chi connectivity index (χ1n) is 5.57. The molecule has 0 aliphatic carbocycles. The molecular formula is C11H24N2O3. The van der Waals surface area contributed by atoms with Crippen molar-refractivity contribution in [3.63, 3.8) is 0 Å². The molecule has 0 aliphatic rings. The van der Waals surface area contributed by atoms with E-state index < -0.39 is 5.54 Å². The molecule has 0 aliphatic heterocycles. The molecule has 0 amide bonds. The molecule has 0 bridgehead atoms. The summed E-state index contributed by atoms with van der Waals surface area (Å²) in [6, 6.07) is 0. The molecule has 0 heterocycles. The fraction of sp³-hybridized carbons (Fsp3) is 0.909. The Labute approximate surface area is 97.9 Å². The number of carbonyl (C=O) groups excluding carboxylic acids is 1. The summed E-state index contributed by atoms with van der Waals surface area (Å²) in [5.41, 5.74) is 4.99. The van der Waals surface area contributed by atoms with Crippen LogP contribution in [0, 0.1) is 0 Å². The predicted molar refractivity (Wildman–Crippen MR) is 63.2 cm³/mol. The van der Waals surface area contributed by atoms with Gasteiger partial charge < -0.3 is 20.1 Å². The van der Waals surface area contributed by atoms with E-state index in [0.29, 0.717) is 19.6 Å². The number of likely N-dealkylation sites (N-methyl/N-ethyl adjacent to an activating group) is 1. The molecule has 5 nitrogen and oxygen atoms in total. The highest BCUT2D eigenvalue weighted by atomic mass is 16.5. The van der Waals surface area contributed by atoms with Crippen LogP contribution >= 0.6 is 0 Å². The normalized spacial score (nSPS) is 14.9. The maximum absolute atomic E-state index is 11.5. The lowest BCUT2D eigenvalue weighted by Crippen LogP contribution is -2.48. The zero-order valence-electron chi connectivity index (χ0n) is 10.8. The molecule has 0 saturated heterocycles. The number of nitrogens with zero attached hydrogens (tertiary/aromatic N) is 1. The molecule has 0 rings (SSSR count). The SMILES string of the molecule is CCOC(=O)C(C)(N)CCN(C)CCOC. The van der Waals surface area contributed by atoms with Gasteiger partial charge >= 0.3 is 5.97 Å². The number of hydrogen-bond donors (Lipinski definition) is 1. The summed E-state index contributed by atoms with van der Waals surface area (Å²) in [5, 5.41) is 0. The van der Waals surface area contributed by atoms with Gasteiger partial charge in [-0.3, -0.25) is 4.79 Å². The number of ether oxygens (including phenoxy) is 2. The van der Waals surface area contributed by atoms with E-state index in [9.17, 15) is 4.79 Å². The summed E-state index contributed by atoms with van der Waals surface area (Å²) in [6.07, 6.45) is 0.575. The van der Waals surface area contributed by atoms with Crippen LogP contribution in [0.2, 0.25) is 0 Å². The third kappa shape index (κ3) is 6.05. The topological polar surface area (TPSA) is 64.8 Å². The summed E-state index contributed by atoms with van der Waals surface area (Å²) >= 11 is 0. The average Bonchev–Trinajstić information content (AvgIpc) is 2.24. The molecule has 1 atom stereocenters. The van der Waals surface area contributed by atoms with Crippen molar-refractivity contribution in [3.05, 3.63) is 0 Å². The minimum atomic E-state index is -0.905. The second kappa shape index (κ2) is 7.60. The number of nitrogens with two attached hydrogens (primary N) is 1. The Hall–Kier alpha value is -0.650. The van der Waals surface area contributed by atoms with E-state index in [1.807, 2.05) is 7.05 Å². The molecular weight excluding hydrogens is 208 g/mol. The van der Waals surface area contributed by atoms with E-state index >= 15 is 0 Å². The summed E-state index contributed by atoms with van der Waals surface area (Å²) in [5.74, 6) is -0.338. The zero-order chi connectivity index (χ0) is 12.6. The Balaban J connectivity index is 3.92. The maximum atomic E-state index is 11.5. The third-order valence-corrected chi connectivity index (χ3v) is 2.43. The lowest BCUT2D eigenvalue weighted by atomic mass is 9.99. The molecule has 96 valence electrons. The van der Waals surface area contributed by atoms with Gasteiger partial charge in [-0.1, -0.05) is 0 Å². The Bertz CT molecular complexity index is 207. The Morgan fingerprint density at radius 2 is 2.06 bits per heavy atom. The van der Waals surface area contributed by atoms with Crippen molar-refractivity contribution < 1.29 is 14.3 Å². The molecule has 5 heteroatoms. The standard InChI is InChI=1S/C11H24N2O3/c1-5-16-10(14)11(2,12)6-7-13(3)8-9-15-4/h5-9,12H2,1-4H3. The van der Waals surface area contributed by atoms with Gasteiger partial charge in [0.15, 0.2) is 0 Å². The van der Waals surface area contributed by atoms with Crippen molar-refractivity contribution in [1.82, 2.24) is 4.90 Å². The highest BCUT2D eigenvalue weighted by Crippen LogP contribution is 2.09. The second-order valence-electron chi connectivity index (χ2n) is 4.18. The van der Waals surface area contributed by atoms with E-state index in [1.54, 1.807) is 21.0 Å². The highest BCUT2D eigenvalue weighted by Gasteiger charge is 2.29. The van der Waals surface area contributed by atoms with Crippen LogP contribution in [0.4, 0.5) is 0 Å². The highest BCUT2D eigenvalue weighted by molar-refractivity contribution is 5.79. The number of esters is 1. The van der Waals surface area contributed by atoms with Crippen LogP contribution in [0.1, 0.15) is 20.3 Å². The van der Waals surface area contributed by atoms with Crippen molar-refractivity contribution in [2.24, 2.45) is 5.73 Å². The van der Waals surface area contributed by atoms with Gasteiger partial charge in [-0.2, -0.15) is 0 Å². The number of carbonyl (C=O) groups is 1. The Kier molecular flexibility index (Phi) is 7.29. The van der Waals surface area contributed by atoms with Gasteiger partial charge in [0, 0.05) is 20.2 Å². The lowest BCUT2D eigenvalue weighted by Gasteiger charge is -2.25. The zero-order valence-corrected chi connectivity index (χ0v) is 10.8. The van der Waals surface area contributed by atoms with Crippen LogP contribution in [0.5, 0.6) is 0 Å². The molecule has 0 aromatic carbocycles. The van der Waals surface area contributed by atoms with E-state index in [-0.39, 0.29) is 5.97 Å². The van der Waals surface area contributed by atoms with Crippen LogP contribution in [0.15, 0.2) is 0 Å². The number of hydrogen-bond acceptors (Lipinski definition) is 5. The predicted octanol–water partition coefficient (Wildman–Crippen LogP) is 0.235. The van der Waals surface area contributed by atoms with Crippen LogP contribution in [0.25, 0.3) is 0 Å². The maximum Gasteiger partial charge on any atom is 0.325 e. The molecule has 0 aromatic rings. The fourth-order valence-electron chi connectivity index (χ4n) is 1.18. The van der Waals surface area contributed by atoms with Gasteiger partial charge in [0.1, 0.15) is 5.54 Å². The summed E-state index contributed by atoms with van der Waals surface area (Å²) in [4.78, 5) is 13.6. The first-order chi connectivity index (χ1) is 7.44. The molecule has 0 radical (unpaired) electrons. The smallest absolute Gasteiger partial charge is 0.325 e. The van der Waals surface area contributed by atoms with Gasteiger partial charge in [-0.25, -0.2) is 0 Å². The Morgan fingerprint density at radius 1 is 1.44 bits per heavy atom. The van der Waals surface area contributed by atoms with Gasteiger partial charge in [0.05, 0.1) is 13.2 Å². The molecule has 1 unspecified atom stereocenters. The van der Waals surface area contributed by atoms with Gasteiger partial charge in [0.25, 0.3) is 0 Å². The fourth-order valence-corrected chi connectivity index (χ4v) is 1.18. The van der Waals surface area contributed by atoms with E-state index in [1.165, 1.54) is 0 Å². The Morgan fingerprint density at radius 3 is 2.56 bits per heavy atom. The second-order valence-corrected chi connectivity index (χ2v) is 4.18. The molecule has 2 N–H and O–H groups in total. The van der Waals surface area contributed by atoms with Crippen LogP contribution < -0.4 is 5.73 Å². The summed E-state index contributed by atoms with van der Waals surface area (Å²) in [7, 11) is 3.64. The third-order valence-electron chi connectivity index (χ3n) is 2.43. The van der Waals surface area contributed by atoms with Crippen LogP contribution in [0.3, 0.4) is 0 Å². The van der Waals surface area contributed by atoms with Crippen molar-refractivity contribution in [2.45, 2.75) is 25.8 Å². The van der Waals surface area contributed by atoms with Crippen molar-refractivity contribution in [3.8, 4) is 0 Å². The van der Waals surface area contributed by atoms with Crippen molar-refractivity contribution >= 4 is 5.97 Å². The summed E-state index contributed by atoms with van der Waals surface area (Å²) in [6.45, 7) is 6.10. The molecule has 16 heavy (non-hydrogen) atoms. The van der Waals surface area contributed by atoms with Gasteiger partial charge in [-0.15, -0.1) is 0 Å². The molecule has 0 spiro atoms. The largest absolute Gasteiger partial charge is 0.465 e. The quantitative estimate of drug-likeness (QED) is 0.607. The van der Waals surface area contributed by atoms with Crippen LogP contribution in [-0.2, 0) is 14.3 Å². The molecule has 0 fully saturated rings. The number of rotatable bonds is 8. The lowest BCUT2D eigenvalue weighted by molar-refractivity contribution is -0.149. The molecule has 0 saturated carbocycles. The van der Waals surface area contributed by atoms with Crippen LogP contribution in [-0.4, -0.2) is 56.9 Å². The van der Waals surface area contributed by atoms with Crippen molar-refractivity contribution in [2.75, 3.05) is 40.5 Å². The number of methoxy groups -OCH3 is 1. The van der Waals surface area contributed by atoms with E-state index in [0.717, 1.165) is 13.1 Å². The van der Waals surface area contributed by atoms with Gasteiger partial charge in [0.2, 0.25) is 0 Å². The van der Waals surface area contributed by atoms with E-state index in [4.69, 9.17) is 15.2 Å². The first kappa shape index (κ1) is 15.3. The molecule has 0 aromatic heterocycles. The first-order valence-corrected chi connectivity index (χ1v) is 5.57.